The van der Waals surface area contributed by atoms with Crippen LogP contribution in [0.25, 0.3) is 10.8 Å². The van der Waals surface area contributed by atoms with Gasteiger partial charge in [-0.3, -0.25) is 29.0 Å². The zero-order chi connectivity index (χ0) is 22.3. The number of aliphatic hydroxyl groups is 2. The Morgan fingerprint density at radius 2 is 1.29 bits per heavy atom. The molecule has 0 fully saturated rings. The minimum Gasteiger partial charge on any atom is -0.394 e. The summed E-state index contributed by atoms with van der Waals surface area (Å²) in [6.45, 7) is 1.45. The van der Waals surface area contributed by atoms with Gasteiger partial charge in [0, 0.05) is 33.0 Å². The van der Waals surface area contributed by atoms with Crippen LogP contribution >= 0.6 is 0 Å². The lowest BCUT2D eigenvalue weighted by molar-refractivity contribution is 0.0453. The summed E-state index contributed by atoms with van der Waals surface area (Å²) >= 11 is 0. The molecule has 2 N–H and O–H groups in total. The van der Waals surface area contributed by atoms with Gasteiger partial charge in [-0.1, -0.05) is 6.92 Å². The molecule has 0 aromatic heterocycles. The fourth-order valence-corrected chi connectivity index (χ4v) is 4.19. The van der Waals surface area contributed by atoms with Crippen LogP contribution in [0, 0.1) is 0 Å². The minimum atomic E-state index is -0.659. The Labute approximate surface area is 177 Å². The zero-order valence-electron chi connectivity index (χ0n) is 17.0. The Morgan fingerprint density at radius 3 is 1.71 bits per heavy atom. The molecule has 2 heterocycles. The first-order valence-corrected chi connectivity index (χ1v) is 10.1. The molecule has 0 radical (unpaired) electrons. The molecule has 0 spiro atoms. The van der Waals surface area contributed by atoms with E-state index in [4.69, 9.17) is 9.84 Å². The van der Waals surface area contributed by atoms with Crippen molar-refractivity contribution < 1.29 is 34.1 Å². The molecule has 0 aliphatic carbocycles. The topological polar surface area (TPSA) is 124 Å². The number of benzene rings is 2. The third-order valence-corrected chi connectivity index (χ3v) is 5.75. The van der Waals surface area contributed by atoms with Gasteiger partial charge < -0.3 is 14.9 Å². The second-order valence-corrected chi connectivity index (χ2v) is 7.39. The highest BCUT2D eigenvalue weighted by Gasteiger charge is 2.41. The molecule has 9 heteroatoms. The van der Waals surface area contributed by atoms with Crippen molar-refractivity contribution in [2.75, 3.05) is 33.0 Å². The number of hydrogen-bond acceptors (Lipinski definition) is 7. The van der Waals surface area contributed by atoms with Gasteiger partial charge in [0.2, 0.25) is 0 Å². The number of amides is 4. The summed E-state index contributed by atoms with van der Waals surface area (Å²) in [5, 5.41) is 19.0. The summed E-state index contributed by atoms with van der Waals surface area (Å²) in [7, 11) is 0. The highest BCUT2D eigenvalue weighted by atomic mass is 16.5. The fourth-order valence-electron chi connectivity index (χ4n) is 4.19. The second-order valence-electron chi connectivity index (χ2n) is 7.39. The third kappa shape index (κ3) is 3.13. The van der Waals surface area contributed by atoms with E-state index in [1.807, 2.05) is 0 Å². The lowest BCUT2D eigenvalue weighted by atomic mass is 9.85. The Hall–Kier alpha value is -3.14. The van der Waals surface area contributed by atoms with Crippen molar-refractivity contribution >= 4 is 34.4 Å². The van der Waals surface area contributed by atoms with E-state index in [0.717, 1.165) is 9.80 Å². The molecular formula is C22H22N2O7. The first kappa shape index (κ1) is 21.1. The van der Waals surface area contributed by atoms with Crippen molar-refractivity contribution in [1.29, 1.82) is 0 Å². The number of aliphatic hydroxyl groups excluding tert-OH is 2. The van der Waals surface area contributed by atoms with Crippen LogP contribution < -0.4 is 0 Å². The van der Waals surface area contributed by atoms with Crippen molar-refractivity contribution in [1.82, 2.24) is 9.80 Å². The summed E-state index contributed by atoms with van der Waals surface area (Å²) in [4.78, 5) is 54.4. The van der Waals surface area contributed by atoms with Gasteiger partial charge in [-0.2, -0.15) is 0 Å². The maximum atomic E-state index is 13.1. The van der Waals surface area contributed by atoms with E-state index in [-0.39, 0.29) is 55.2 Å². The lowest BCUT2D eigenvalue weighted by Gasteiger charge is -2.34. The van der Waals surface area contributed by atoms with Gasteiger partial charge in [0.15, 0.2) is 0 Å². The van der Waals surface area contributed by atoms with Crippen LogP contribution in [0.3, 0.4) is 0 Å². The summed E-state index contributed by atoms with van der Waals surface area (Å²) in [6, 6.07) is 5.31. The summed E-state index contributed by atoms with van der Waals surface area (Å²) in [5.74, 6) is -2.17. The highest BCUT2D eigenvalue weighted by Crippen LogP contribution is 2.38. The molecule has 0 bridgehead atoms. The highest BCUT2D eigenvalue weighted by molar-refractivity contribution is 6.33. The van der Waals surface area contributed by atoms with Gasteiger partial charge in [-0.05, 0) is 30.7 Å². The molecule has 2 aliphatic heterocycles. The van der Waals surface area contributed by atoms with Crippen LogP contribution in [0.15, 0.2) is 24.3 Å². The molecule has 0 saturated heterocycles. The normalized spacial score (nSPS) is 16.5. The van der Waals surface area contributed by atoms with Crippen molar-refractivity contribution in [3.8, 4) is 0 Å². The predicted molar refractivity (Wildman–Crippen MR) is 109 cm³/mol. The summed E-state index contributed by atoms with van der Waals surface area (Å²) in [5.41, 5.74) is 0.922. The number of carbonyl (C=O) groups is 4. The van der Waals surface area contributed by atoms with E-state index >= 15 is 0 Å². The van der Waals surface area contributed by atoms with E-state index in [1.54, 1.807) is 6.92 Å². The van der Waals surface area contributed by atoms with Gasteiger partial charge in [0.1, 0.15) is 0 Å². The maximum Gasteiger partial charge on any atom is 0.261 e. The molecular weight excluding hydrogens is 404 g/mol. The van der Waals surface area contributed by atoms with E-state index in [9.17, 15) is 24.3 Å². The third-order valence-electron chi connectivity index (χ3n) is 5.75. The van der Waals surface area contributed by atoms with Crippen molar-refractivity contribution in [3.63, 3.8) is 0 Å². The molecule has 162 valence electrons. The average Bonchev–Trinajstić information content (AvgIpc) is 2.78. The SMILES string of the molecule is CCC(CO)N1C(=O)c2ccc3c4c(ccc(c24)C1=O)C(=O)N(CCOCCO)C3=O. The monoisotopic (exact) mass is 426 g/mol. The smallest absolute Gasteiger partial charge is 0.261 e. The quantitative estimate of drug-likeness (QED) is 0.473. The second kappa shape index (κ2) is 8.18. The standard InChI is InChI=1S/C22H22N2O7/c1-2-12(11-26)24-21(29)15-5-3-13-17-14(4-6-16(18(15)17)22(24)30)20(28)23(19(13)27)7-9-31-10-8-25/h3-6,12,25-26H,2,7-11H2,1H3. The van der Waals surface area contributed by atoms with Gasteiger partial charge in [0.05, 0.1) is 39.0 Å². The molecule has 31 heavy (non-hydrogen) atoms. The number of ether oxygens (including phenoxy) is 1. The van der Waals surface area contributed by atoms with Gasteiger partial charge in [-0.15, -0.1) is 0 Å². The Bertz CT molecular complexity index is 1040. The van der Waals surface area contributed by atoms with Gasteiger partial charge in [0.25, 0.3) is 23.6 Å². The summed E-state index contributed by atoms with van der Waals surface area (Å²) in [6.07, 6.45) is 0.396. The first-order chi connectivity index (χ1) is 15.0. The number of nitrogens with zero attached hydrogens (tertiary/aromatic N) is 2. The Balaban J connectivity index is 1.82. The van der Waals surface area contributed by atoms with Crippen LogP contribution in [0.5, 0.6) is 0 Å². The van der Waals surface area contributed by atoms with E-state index in [1.165, 1.54) is 24.3 Å². The fraction of sp³-hybridized carbons (Fsp3) is 0.364. The molecule has 1 atom stereocenters. The van der Waals surface area contributed by atoms with Crippen LogP contribution in [-0.4, -0.2) is 82.7 Å². The van der Waals surface area contributed by atoms with Crippen molar-refractivity contribution in [2.45, 2.75) is 19.4 Å². The lowest BCUT2D eigenvalue weighted by Crippen LogP contribution is -2.49. The Kier molecular flexibility index (Phi) is 5.57. The van der Waals surface area contributed by atoms with E-state index in [0.29, 0.717) is 17.2 Å². The first-order valence-electron chi connectivity index (χ1n) is 10.1. The average molecular weight is 426 g/mol. The van der Waals surface area contributed by atoms with E-state index < -0.39 is 29.7 Å². The number of imide groups is 2. The molecule has 4 amide bonds. The van der Waals surface area contributed by atoms with E-state index in [2.05, 4.69) is 0 Å². The molecule has 2 aromatic rings. The van der Waals surface area contributed by atoms with Crippen LogP contribution in [0.1, 0.15) is 54.8 Å². The minimum absolute atomic E-state index is 0.0163. The number of hydrogen-bond donors (Lipinski definition) is 2. The zero-order valence-corrected chi connectivity index (χ0v) is 17.0. The van der Waals surface area contributed by atoms with Crippen molar-refractivity contribution in [2.24, 2.45) is 0 Å². The molecule has 0 saturated carbocycles. The molecule has 9 nitrogen and oxygen atoms in total. The predicted octanol–water partition coefficient (Wildman–Crippen LogP) is 0.812. The largest absolute Gasteiger partial charge is 0.394 e. The van der Waals surface area contributed by atoms with Crippen LogP contribution in [0.4, 0.5) is 0 Å². The molecule has 2 aromatic carbocycles. The molecule has 1 unspecified atom stereocenters. The number of rotatable bonds is 8. The van der Waals surface area contributed by atoms with Gasteiger partial charge in [-0.25, -0.2) is 0 Å². The Morgan fingerprint density at radius 1 is 0.806 bits per heavy atom. The maximum absolute atomic E-state index is 13.1. The molecule has 4 rings (SSSR count). The van der Waals surface area contributed by atoms with Crippen molar-refractivity contribution in [3.05, 3.63) is 46.5 Å². The molecule has 2 aliphatic rings. The number of carbonyl (C=O) groups excluding carboxylic acids is 4. The van der Waals surface area contributed by atoms with Crippen LogP contribution in [-0.2, 0) is 4.74 Å². The van der Waals surface area contributed by atoms with Crippen LogP contribution in [0.2, 0.25) is 0 Å². The van der Waals surface area contributed by atoms with Gasteiger partial charge >= 0.3 is 0 Å². The summed E-state index contributed by atoms with van der Waals surface area (Å²) < 4.78 is 5.18.